The number of nitriles is 1. The van der Waals surface area contributed by atoms with Crippen molar-refractivity contribution in [1.82, 2.24) is 5.32 Å². The van der Waals surface area contributed by atoms with E-state index in [0.717, 1.165) is 18.5 Å². The quantitative estimate of drug-likeness (QED) is 0.691. The molecule has 2 bridgehead atoms. The molecule has 2 nitrogen and oxygen atoms in total. The van der Waals surface area contributed by atoms with Gasteiger partial charge < -0.3 is 5.32 Å². The Hall–Kier alpha value is -1.33. The molecule has 1 N–H and O–H groups in total. The Bertz CT molecular complexity index is 431. The van der Waals surface area contributed by atoms with Gasteiger partial charge >= 0.3 is 0 Å². The van der Waals surface area contributed by atoms with Crippen LogP contribution in [0.3, 0.4) is 0 Å². The van der Waals surface area contributed by atoms with Crippen LogP contribution in [0.5, 0.6) is 0 Å². The Morgan fingerprint density at radius 2 is 2.33 bits per heavy atom. The molecule has 76 valence electrons. The molecular weight excluding hydrogens is 184 g/mol. The van der Waals surface area contributed by atoms with Crippen LogP contribution in [-0.2, 0) is 6.42 Å². The van der Waals surface area contributed by atoms with Crippen LogP contribution in [0.4, 0.5) is 0 Å². The Labute approximate surface area is 89.9 Å². The minimum absolute atomic E-state index is 0.621. The third-order valence-electron chi connectivity index (χ3n) is 3.69. The zero-order valence-corrected chi connectivity index (χ0v) is 8.66. The van der Waals surface area contributed by atoms with Crippen molar-refractivity contribution in [3.8, 4) is 6.07 Å². The smallest absolute Gasteiger partial charge is 0.0994 e. The fourth-order valence-electron chi connectivity index (χ4n) is 3.06. The summed E-state index contributed by atoms with van der Waals surface area (Å²) in [5, 5.41) is 12.7. The van der Waals surface area contributed by atoms with E-state index in [1.165, 1.54) is 24.0 Å². The van der Waals surface area contributed by atoms with E-state index in [1.54, 1.807) is 0 Å². The van der Waals surface area contributed by atoms with Crippen molar-refractivity contribution in [2.45, 2.75) is 31.2 Å². The molecule has 1 fully saturated rings. The van der Waals surface area contributed by atoms with Gasteiger partial charge in [0.2, 0.25) is 0 Å². The van der Waals surface area contributed by atoms with Crippen LogP contribution >= 0.6 is 0 Å². The second-order valence-corrected chi connectivity index (χ2v) is 4.57. The van der Waals surface area contributed by atoms with Crippen LogP contribution in [0, 0.1) is 11.3 Å². The molecule has 1 aromatic rings. The fraction of sp³-hybridized carbons (Fsp3) is 0.462. The summed E-state index contributed by atoms with van der Waals surface area (Å²) in [5.74, 6) is 0.621. The first kappa shape index (κ1) is 8.94. The Morgan fingerprint density at radius 1 is 1.40 bits per heavy atom. The number of hydrogen-bond acceptors (Lipinski definition) is 2. The minimum Gasteiger partial charge on any atom is -0.314 e. The molecule has 1 aliphatic carbocycles. The predicted molar refractivity (Wildman–Crippen MR) is 58.6 cm³/mol. The van der Waals surface area contributed by atoms with Crippen molar-refractivity contribution < 1.29 is 0 Å². The lowest BCUT2D eigenvalue weighted by atomic mass is 9.74. The number of nitrogens with zero attached hydrogens (tertiary/aromatic N) is 1. The molecule has 0 saturated carbocycles. The molecule has 1 aliphatic heterocycles. The number of hydrogen-bond donors (Lipinski definition) is 1. The molecule has 1 saturated heterocycles. The highest BCUT2D eigenvalue weighted by atomic mass is 14.9. The lowest BCUT2D eigenvalue weighted by Crippen LogP contribution is -2.42. The largest absolute Gasteiger partial charge is 0.314 e. The first-order valence-electron chi connectivity index (χ1n) is 5.64. The van der Waals surface area contributed by atoms with Gasteiger partial charge in [0.05, 0.1) is 11.6 Å². The van der Waals surface area contributed by atoms with Gasteiger partial charge in [-0.2, -0.15) is 5.26 Å². The second-order valence-electron chi connectivity index (χ2n) is 4.57. The zero-order chi connectivity index (χ0) is 10.3. The third-order valence-corrected chi connectivity index (χ3v) is 3.69. The van der Waals surface area contributed by atoms with Crippen LogP contribution < -0.4 is 5.32 Å². The van der Waals surface area contributed by atoms with E-state index < -0.39 is 0 Å². The van der Waals surface area contributed by atoms with E-state index >= 15 is 0 Å². The number of rotatable bonds is 0. The summed E-state index contributed by atoms with van der Waals surface area (Å²) in [6, 6.07) is 9.14. The highest BCUT2D eigenvalue weighted by Gasteiger charge is 2.31. The molecule has 2 unspecified atom stereocenters. The summed E-state index contributed by atoms with van der Waals surface area (Å²) in [7, 11) is 0. The summed E-state index contributed by atoms with van der Waals surface area (Å²) in [6.45, 7) is 1.11. The fourth-order valence-corrected chi connectivity index (χ4v) is 3.06. The lowest BCUT2D eigenvalue weighted by Gasteiger charge is -2.37. The van der Waals surface area contributed by atoms with E-state index in [0.29, 0.717) is 12.0 Å². The van der Waals surface area contributed by atoms with Crippen molar-refractivity contribution in [3.05, 3.63) is 34.9 Å². The van der Waals surface area contributed by atoms with Gasteiger partial charge in [0.25, 0.3) is 0 Å². The normalized spacial score (nSPS) is 27.9. The molecule has 0 amide bonds. The Morgan fingerprint density at radius 3 is 3.20 bits per heavy atom. The summed E-state index contributed by atoms with van der Waals surface area (Å²) < 4.78 is 0. The minimum atomic E-state index is 0.621. The lowest BCUT2D eigenvalue weighted by molar-refractivity contribution is 0.338. The van der Waals surface area contributed by atoms with E-state index in [4.69, 9.17) is 5.26 Å². The molecule has 1 aromatic carbocycles. The monoisotopic (exact) mass is 198 g/mol. The van der Waals surface area contributed by atoms with Crippen molar-refractivity contribution in [2.75, 3.05) is 6.54 Å². The van der Waals surface area contributed by atoms with Crippen LogP contribution in [0.2, 0.25) is 0 Å². The van der Waals surface area contributed by atoms with Gasteiger partial charge in [-0.25, -0.2) is 0 Å². The molecule has 0 spiro atoms. The van der Waals surface area contributed by atoms with Crippen molar-refractivity contribution in [2.24, 2.45) is 0 Å². The van der Waals surface area contributed by atoms with Gasteiger partial charge in [0.1, 0.15) is 0 Å². The molecule has 1 heterocycles. The van der Waals surface area contributed by atoms with Crippen LogP contribution in [0.25, 0.3) is 0 Å². The zero-order valence-electron chi connectivity index (χ0n) is 8.66. The molecule has 3 rings (SSSR count). The van der Waals surface area contributed by atoms with Crippen molar-refractivity contribution >= 4 is 0 Å². The average Bonchev–Trinajstić information content (AvgIpc) is 2.28. The first-order chi connectivity index (χ1) is 7.38. The van der Waals surface area contributed by atoms with E-state index in [-0.39, 0.29) is 0 Å². The molecule has 2 heteroatoms. The second kappa shape index (κ2) is 3.36. The SMILES string of the molecule is N#Cc1cccc2c1C1CCNC(C2)C1. The van der Waals surface area contributed by atoms with Crippen molar-refractivity contribution in [1.29, 1.82) is 5.26 Å². The summed E-state index contributed by atoms with van der Waals surface area (Å²) in [5.41, 5.74) is 3.64. The standard InChI is InChI=1S/C13H14N2/c14-8-11-3-1-2-9-6-12-7-10(13(9)11)4-5-15-12/h1-3,10,12,15H,4-7H2. The van der Waals surface area contributed by atoms with Gasteiger partial charge in [-0.1, -0.05) is 12.1 Å². The first-order valence-corrected chi connectivity index (χ1v) is 5.64. The van der Waals surface area contributed by atoms with Gasteiger partial charge in [0, 0.05) is 6.04 Å². The van der Waals surface area contributed by atoms with E-state index in [9.17, 15) is 0 Å². The van der Waals surface area contributed by atoms with Gasteiger partial charge in [-0.05, 0) is 48.9 Å². The highest BCUT2D eigenvalue weighted by Crippen LogP contribution is 2.38. The van der Waals surface area contributed by atoms with Gasteiger partial charge in [-0.15, -0.1) is 0 Å². The predicted octanol–water partition coefficient (Wildman–Crippen LogP) is 1.95. The maximum Gasteiger partial charge on any atom is 0.0994 e. The van der Waals surface area contributed by atoms with E-state index in [1.807, 2.05) is 12.1 Å². The summed E-state index contributed by atoms with van der Waals surface area (Å²) in [6.07, 6.45) is 3.50. The topological polar surface area (TPSA) is 35.8 Å². The summed E-state index contributed by atoms with van der Waals surface area (Å²) in [4.78, 5) is 0. The van der Waals surface area contributed by atoms with Crippen molar-refractivity contribution in [3.63, 3.8) is 0 Å². The molecular formula is C13H14N2. The average molecular weight is 198 g/mol. The summed E-state index contributed by atoms with van der Waals surface area (Å²) >= 11 is 0. The molecule has 15 heavy (non-hydrogen) atoms. The van der Waals surface area contributed by atoms with E-state index in [2.05, 4.69) is 17.5 Å². The third kappa shape index (κ3) is 1.35. The van der Waals surface area contributed by atoms with Crippen LogP contribution in [-0.4, -0.2) is 12.6 Å². The maximum absolute atomic E-state index is 9.13. The molecule has 0 radical (unpaired) electrons. The number of nitrogens with one attached hydrogen (secondary N) is 1. The molecule has 2 atom stereocenters. The van der Waals surface area contributed by atoms with Crippen LogP contribution in [0.1, 0.15) is 35.4 Å². The van der Waals surface area contributed by atoms with Crippen LogP contribution in [0.15, 0.2) is 18.2 Å². The number of benzene rings is 1. The molecule has 2 aliphatic rings. The Kier molecular flexibility index (Phi) is 2.00. The Balaban J connectivity index is 2.14. The van der Waals surface area contributed by atoms with Gasteiger partial charge in [0.15, 0.2) is 0 Å². The highest BCUT2D eigenvalue weighted by molar-refractivity contribution is 5.47. The number of piperidine rings is 1. The van der Waals surface area contributed by atoms with Gasteiger partial charge in [-0.3, -0.25) is 0 Å². The number of fused-ring (bicyclic) bond motifs is 4. The maximum atomic E-state index is 9.13. The molecule has 0 aromatic heterocycles.